The first kappa shape index (κ1) is 11.6. The molecule has 4 rings (SSSR count). The van der Waals surface area contributed by atoms with Gasteiger partial charge in [0.15, 0.2) is 16.8 Å². The second-order valence-electron chi connectivity index (χ2n) is 4.22. The van der Waals surface area contributed by atoms with Crippen LogP contribution in [0.1, 0.15) is 0 Å². The van der Waals surface area contributed by atoms with Gasteiger partial charge in [0.25, 0.3) is 0 Å². The maximum absolute atomic E-state index is 5.72. The average Bonchev–Trinajstić information content (AvgIpc) is 3.17. The Morgan fingerprint density at radius 1 is 1.15 bits per heavy atom. The van der Waals surface area contributed by atoms with Crippen molar-refractivity contribution in [2.45, 2.75) is 0 Å². The van der Waals surface area contributed by atoms with Gasteiger partial charge in [-0.25, -0.2) is 9.97 Å². The summed E-state index contributed by atoms with van der Waals surface area (Å²) in [6.45, 7) is 0. The quantitative estimate of drug-likeness (QED) is 0.594. The lowest BCUT2D eigenvalue weighted by Gasteiger charge is -1.94. The number of nitrogen functional groups attached to an aromatic ring is 1. The van der Waals surface area contributed by atoms with Gasteiger partial charge in [0.05, 0.1) is 15.1 Å². The molecule has 0 fully saturated rings. The van der Waals surface area contributed by atoms with E-state index in [1.165, 1.54) is 11.3 Å². The Kier molecular flexibility index (Phi) is 2.54. The highest BCUT2D eigenvalue weighted by molar-refractivity contribution is 7.22. The molecule has 0 radical (unpaired) electrons. The van der Waals surface area contributed by atoms with E-state index in [4.69, 9.17) is 5.73 Å². The molecule has 0 aliphatic heterocycles. The lowest BCUT2D eigenvalue weighted by atomic mass is 10.2. The Bertz CT molecular complexity index is 875. The molecule has 0 aliphatic carbocycles. The molecule has 98 valence electrons. The molecule has 0 spiro atoms. The van der Waals surface area contributed by atoms with Gasteiger partial charge in [-0.15, -0.1) is 11.3 Å². The van der Waals surface area contributed by atoms with Crippen molar-refractivity contribution in [3.63, 3.8) is 0 Å². The van der Waals surface area contributed by atoms with Crippen LogP contribution in [0.2, 0.25) is 0 Å². The summed E-state index contributed by atoms with van der Waals surface area (Å²) >= 11 is 3.10. The number of aromatic nitrogens is 4. The summed E-state index contributed by atoms with van der Waals surface area (Å²) in [6.07, 6.45) is 0. The summed E-state index contributed by atoms with van der Waals surface area (Å²) in [5.74, 6) is 1.47. The summed E-state index contributed by atoms with van der Waals surface area (Å²) in [5.41, 5.74) is 7.59. The Labute approximate surface area is 122 Å². The van der Waals surface area contributed by atoms with Gasteiger partial charge in [-0.2, -0.15) is 5.10 Å². The Morgan fingerprint density at radius 2 is 2.10 bits per heavy atom. The van der Waals surface area contributed by atoms with E-state index in [0.717, 1.165) is 26.5 Å². The number of nitrogens with two attached hydrogens (primary N) is 1. The van der Waals surface area contributed by atoms with Gasteiger partial charge in [-0.05, 0) is 29.6 Å². The number of fused-ring (bicyclic) bond motifs is 1. The Hall–Kier alpha value is -2.25. The molecule has 0 bridgehead atoms. The van der Waals surface area contributed by atoms with Crippen molar-refractivity contribution in [3.05, 3.63) is 35.7 Å². The first-order chi connectivity index (χ1) is 9.79. The highest BCUT2D eigenvalue weighted by Crippen LogP contribution is 2.29. The van der Waals surface area contributed by atoms with E-state index in [1.807, 2.05) is 35.7 Å². The summed E-state index contributed by atoms with van der Waals surface area (Å²) in [7, 11) is 0. The number of aromatic amines is 1. The molecule has 0 aliphatic rings. The summed E-state index contributed by atoms with van der Waals surface area (Å²) in [4.78, 5) is 9.85. The van der Waals surface area contributed by atoms with E-state index in [0.29, 0.717) is 11.0 Å². The largest absolute Gasteiger partial charge is 0.375 e. The van der Waals surface area contributed by atoms with E-state index in [-0.39, 0.29) is 0 Å². The van der Waals surface area contributed by atoms with Crippen molar-refractivity contribution in [2.24, 2.45) is 0 Å². The molecule has 0 saturated heterocycles. The number of H-pyrrole nitrogens is 1. The van der Waals surface area contributed by atoms with E-state index in [9.17, 15) is 0 Å². The monoisotopic (exact) mass is 299 g/mol. The Morgan fingerprint density at radius 3 is 2.95 bits per heavy atom. The van der Waals surface area contributed by atoms with Crippen LogP contribution in [-0.2, 0) is 0 Å². The number of benzene rings is 1. The van der Waals surface area contributed by atoms with Gasteiger partial charge >= 0.3 is 0 Å². The van der Waals surface area contributed by atoms with Gasteiger partial charge < -0.3 is 5.73 Å². The topological polar surface area (TPSA) is 80.5 Å². The second kappa shape index (κ2) is 4.39. The molecule has 20 heavy (non-hydrogen) atoms. The highest BCUT2D eigenvalue weighted by atomic mass is 32.1. The molecule has 5 nitrogen and oxygen atoms in total. The SMILES string of the molecule is Nc1nc2ccc(-c3n[nH]c(-c4cccs4)n3)cc2s1. The molecule has 0 saturated carbocycles. The zero-order valence-electron chi connectivity index (χ0n) is 10.2. The van der Waals surface area contributed by atoms with Gasteiger partial charge in [0.2, 0.25) is 0 Å². The van der Waals surface area contributed by atoms with Crippen LogP contribution in [0.25, 0.3) is 32.3 Å². The normalized spacial score (nSPS) is 11.2. The van der Waals surface area contributed by atoms with E-state index in [2.05, 4.69) is 20.2 Å². The second-order valence-corrected chi connectivity index (χ2v) is 6.23. The zero-order valence-corrected chi connectivity index (χ0v) is 11.8. The lowest BCUT2D eigenvalue weighted by Crippen LogP contribution is -1.81. The van der Waals surface area contributed by atoms with E-state index >= 15 is 0 Å². The number of hydrogen-bond acceptors (Lipinski definition) is 6. The van der Waals surface area contributed by atoms with Crippen molar-refractivity contribution in [3.8, 4) is 22.1 Å². The van der Waals surface area contributed by atoms with Crippen LogP contribution in [0.4, 0.5) is 5.13 Å². The van der Waals surface area contributed by atoms with Crippen LogP contribution < -0.4 is 5.73 Å². The van der Waals surface area contributed by atoms with Crippen LogP contribution in [0.15, 0.2) is 35.7 Å². The number of hydrogen-bond donors (Lipinski definition) is 2. The van der Waals surface area contributed by atoms with Crippen molar-refractivity contribution >= 4 is 38.0 Å². The van der Waals surface area contributed by atoms with E-state index in [1.54, 1.807) is 11.3 Å². The minimum absolute atomic E-state index is 0.575. The minimum atomic E-state index is 0.575. The van der Waals surface area contributed by atoms with E-state index < -0.39 is 0 Å². The molecule has 0 amide bonds. The Balaban J connectivity index is 1.78. The molecular weight excluding hydrogens is 290 g/mol. The fraction of sp³-hybridized carbons (Fsp3) is 0. The van der Waals surface area contributed by atoms with Gasteiger partial charge in [0, 0.05) is 5.56 Å². The maximum atomic E-state index is 5.72. The third kappa shape index (κ3) is 1.87. The van der Waals surface area contributed by atoms with Crippen LogP contribution in [0.3, 0.4) is 0 Å². The molecule has 4 aromatic rings. The van der Waals surface area contributed by atoms with Crippen molar-refractivity contribution < 1.29 is 0 Å². The van der Waals surface area contributed by atoms with Gasteiger partial charge in [-0.1, -0.05) is 17.4 Å². The minimum Gasteiger partial charge on any atom is -0.375 e. The van der Waals surface area contributed by atoms with Crippen LogP contribution >= 0.6 is 22.7 Å². The number of nitrogens with zero attached hydrogens (tertiary/aromatic N) is 3. The summed E-state index contributed by atoms with van der Waals surface area (Å²) in [6, 6.07) is 9.93. The third-order valence-electron chi connectivity index (χ3n) is 2.90. The number of anilines is 1. The van der Waals surface area contributed by atoms with Crippen molar-refractivity contribution in [1.82, 2.24) is 20.2 Å². The molecule has 0 unspecified atom stereocenters. The number of thiazole rings is 1. The van der Waals surface area contributed by atoms with Crippen LogP contribution in [0, 0.1) is 0 Å². The maximum Gasteiger partial charge on any atom is 0.181 e. The molecule has 3 N–H and O–H groups in total. The predicted octanol–water partition coefficient (Wildman–Crippen LogP) is 3.39. The van der Waals surface area contributed by atoms with Crippen molar-refractivity contribution in [2.75, 3.05) is 5.73 Å². The number of rotatable bonds is 2. The van der Waals surface area contributed by atoms with Gasteiger partial charge in [0.1, 0.15) is 0 Å². The first-order valence-corrected chi connectivity index (χ1v) is 7.62. The van der Waals surface area contributed by atoms with Crippen molar-refractivity contribution in [1.29, 1.82) is 0 Å². The molecule has 3 heterocycles. The molecule has 3 aromatic heterocycles. The fourth-order valence-electron chi connectivity index (χ4n) is 2.00. The van der Waals surface area contributed by atoms with Crippen LogP contribution in [-0.4, -0.2) is 20.2 Å². The fourth-order valence-corrected chi connectivity index (χ4v) is 3.43. The molecule has 1 aromatic carbocycles. The predicted molar refractivity (Wildman–Crippen MR) is 82.7 cm³/mol. The summed E-state index contributed by atoms with van der Waals surface area (Å²) < 4.78 is 1.04. The molecule has 0 atom stereocenters. The standard InChI is InChI=1S/C13H9N5S2/c14-13-15-8-4-3-7(6-10(8)20-13)11-16-12(18-17-11)9-2-1-5-19-9/h1-6H,(H2,14,15)(H,16,17,18). The number of thiophene rings is 1. The summed E-state index contributed by atoms with van der Waals surface area (Å²) in [5, 5.41) is 9.84. The third-order valence-corrected chi connectivity index (χ3v) is 4.63. The smallest absolute Gasteiger partial charge is 0.181 e. The van der Waals surface area contributed by atoms with Gasteiger partial charge in [-0.3, -0.25) is 5.10 Å². The molecular formula is C13H9N5S2. The first-order valence-electron chi connectivity index (χ1n) is 5.92. The lowest BCUT2D eigenvalue weighted by molar-refractivity contribution is 1.10. The van der Waals surface area contributed by atoms with Crippen LogP contribution in [0.5, 0.6) is 0 Å². The molecule has 7 heteroatoms. The zero-order chi connectivity index (χ0) is 13.5. The highest BCUT2D eigenvalue weighted by Gasteiger charge is 2.10. The average molecular weight is 299 g/mol. The number of nitrogens with one attached hydrogen (secondary N) is 1.